The van der Waals surface area contributed by atoms with Crippen molar-refractivity contribution in [1.82, 2.24) is 30.2 Å². The minimum atomic E-state index is -0.0595. The molecular weight excluding hydrogens is 552 g/mol. The van der Waals surface area contributed by atoms with E-state index in [1.807, 2.05) is 4.90 Å². The fourth-order valence-corrected chi connectivity index (χ4v) is 5.66. The lowest BCUT2D eigenvalue weighted by molar-refractivity contribution is -0.128. The molecule has 3 heterocycles. The molecule has 2 atom stereocenters. The highest BCUT2D eigenvalue weighted by Gasteiger charge is 2.29. The van der Waals surface area contributed by atoms with Crippen LogP contribution in [0.1, 0.15) is 88.0 Å². The fourth-order valence-electron chi connectivity index (χ4n) is 5.66. The molecule has 3 fully saturated rings. The first-order chi connectivity index (χ1) is 20.3. The average Bonchev–Trinajstić information content (AvgIpc) is 2.96. The van der Waals surface area contributed by atoms with Gasteiger partial charge in [-0.15, -0.1) is 0 Å². The van der Waals surface area contributed by atoms with Crippen molar-refractivity contribution in [3.8, 4) is 0 Å². The molecule has 0 bridgehead atoms. The largest absolute Gasteiger partial charge is 0.349 e. The summed E-state index contributed by atoms with van der Waals surface area (Å²) in [6.45, 7) is 38.1. The van der Waals surface area contributed by atoms with Crippen LogP contribution in [-0.2, 0) is 14.4 Å². The van der Waals surface area contributed by atoms with Crippen LogP contribution in [0.2, 0.25) is 0 Å². The van der Waals surface area contributed by atoms with Crippen molar-refractivity contribution < 1.29 is 14.4 Å². The number of likely N-dealkylation sites (tertiary alicyclic amines) is 2. The summed E-state index contributed by atoms with van der Waals surface area (Å²) in [7, 11) is 0. The molecule has 0 saturated carbocycles. The lowest BCUT2D eigenvalue weighted by Crippen LogP contribution is -2.54. The van der Waals surface area contributed by atoms with E-state index in [0.717, 1.165) is 78.0 Å². The lowest BCUT2D eigenvalue weighted by atomic mass is 9.98. The standard InChI is InChI=1S/2C12H22N2O.C11H20N2O/c2*1-5-11(15)13-10-7-6-8-14(9-10)12(2,3)4;1-5-10(14)12-6-8-13(9-7-12)11(2,3)4/h2*5,10H,1,6-9H2,2-4H3,(H,13,15);5H,1,6-9H2,2-4H3/t2*10-;/m10./s1. The van der Waals surface area contributed by atoms with Crippen LogP contribution >= 0.6 is 0 Å². The molecular formula is C35H64N6O3. The summed E-state index contributed by atoms with van der Waals surface area (Å²) in [5.74, 6) is -0.0647. The molecule has 3 amide bonds. The second-order valence-corrected chi connectivity index (χ2v) is 15.0. The van der Waals surface area contributed by atoms with Crippen molar-refractivity contribution in [2.75, 3.05) is 52.4 Å². The van der Waals surface area contributed by atoms with Gasteiger partial charge in [0.05, 0.1) is 0 Å². The Morgan fingerprint density at radius 2 is 0.932 bits per heavy atom. The molecule has 0 aromatic heterocycles. The van der Waals surface area contributed by atoms with Gasteiger partial charge in [0.15, 0.2) is 0 Å². The predicted molar refractivity (Wildman–Crippen MR) is 183 cm³/mol. The number of hydrogen-bond donors (Lipinski definition) is 2. The van der Waals surface area contributed by atoms with Crippen LogP contribution in [0.15, 0.2) is 38.0 Å². The zero-order valence-corrected chi connectivity index (χ0v) is 29.5. The predicted octanol–water partition coefficient (Wildman–Crippen LogP) is 4.22. The van der Waals surface area contributed by atoms with Gasteiger partial charge in [-0.25, -0.2) is 0 Å². The van der Waals surface area contributed by atoms with E-state index in [4.69, 9.17) is 0 Å². The van der Waals surface area contributed by atoms with Crippen molar-refractivity contribution in [2.45, 2.75) is 117 Å². The summed E-state index contributed by atoms with van der Waals surface area (Å²) < 4.78 is 0. The van der Waals surface area contributed by atoms with Crippen LogP contribution in [0.4, 0.5) is 0 Å². The first kappa shape index (κ1) is 39.5. The van der Waals surface area contributed by atoms with Gasteiger partial charge in [0, 0.05) is 68.0 Å². The average molecular weight is 617 g/mol. The normalized spacial score (nSPS) is 22.2. The highest BCUT2D eigenvalue weighted by Crippen LogP contribution is 2.21. The Labute approximate surface area is 269 Å². The van der Waals surface area contributed by atoms with Gasteiger partial charge < -0.3 is 15.5 Å². The van der Waals surface area contributed by atoms with Crippen molar-refractivity contribution in [3.05, 3.63) is 38.0 Å². The van der Waals surface area contributed by atoms with Crippen molar-refractivity contribution >= 4 is 17.7 Å². The van der Waals surface area contributed by atoms with Crippen LogP contribution in [0.5, 0.6) is 0 Å². The minimum absolute atomic E-state index is 0.0542. The summed E-state index contributed by atoms with van der Waals surface area (Å²) in [6, 6.07) is 0.562. The third-order valence-electron chi connectivity index (χ3n) is 8.52. The van der Waals surface area contributed by atoms with Crippen LogP contribution in [-0.4, -0.2) is 118 Å². The van der Waals surface area contributed by atoms with Crippen molar-refractivity contribution in [3.63, 3.8) is 0 Å². The maximum atomic E-state index is 11.3. The molecule has 3 aliphatic rings. The molecule has 9 heteroatoms. The van der Waals surface area contributed by atoms with E-state index in [1.165, 1.54) is 18.2 Å². The van der Waals surface area contributed by atoms with Crippen molar-refractivity contribution in [1.29, 1.82) is 0 Å². The summed E-state index contributed by atoms with van der Waals surface area (Å²) in [5, 5.41) is 5.94. The maximum Gasteiger partial charge on any atom is 0.246 e. The second kappa shape index (κ2) is 17.9. The van der Waals surface area contributed by atoms with Gasteiger partial charge in [-0.3, -0.25) is 29.1 Å². The number of amides is 3. The second-order valence-electron chi connectivity index (χ2n) is 15.0. The number of piperidine rings is 2. The van der Waals surface area contributed by atoms with Gasteiger partial charge in [0.1, 0.15) is 0 Å². The zero-order chi connectivity index (χ0) is 33.7. The molecule has 2 N–H and O–H groups in total. The van der Waals surface area contributed by atoms with Crippen LogP contribution in [0.3, 0.4) is 0 Å². The molecule has 3 rings (SSSR count). The van der Waals surface area contributed by atoms with Crippen LogP contribution in [0, 0.1) is 0 Å². The third kappa shape index (κ3) is 14.5. The fraction of sp³-hybridized carbons (Fsp3) is 0.743. The first-order valence-corrected chi connectivity index (χ1v) is 16.3. The highest BCUT2D eigenvalue weighted by atomic mass is 16.2. The van der Waals surface area contributed by atoms with E-state index in [2.05, 4.69) is 107 Å². The smallest absolute Gasteiger partial charge is 0.246 e. The lowest BCUT2D eigenvalue weighted by Gasteiger charge is -2.42. The SMILES string of the molecule is C=CC(=O)N1CCN(C(C)(C)C)CC1.C=CC(=O)N[C@@H]1CCCN(C(C)(C)C)C1.C=CC(=O)N[C@H]1CCCN(C(C)(C)C)C1. The van der Waals surface area contributed by atoms with E-state index < -0.39 is 0 Å². The van der Waals surface area contributed by atoms with Gasteiger partial charge in [-0.05, 0) is 119 Å². The number of nitrogens with one attached hydrogen (secondary N) is 2. The molecule has 252 valence electrons. The van der Waals surface area contributed by atoms with Gasteiger partial charge in [0.2, 0.25) is 17.7 Å². The number of hydrogen-bond acceptors (Lipinski definition) is 6. The van der Waals surface area contributed by atoms with Gasteiger partial charge >= 0.3 is 0 Å². The molecule has 3 aliphatic heterocycles. The Bertz CT molecular complexity index is 899. The Balaban J connectivity index is 0.000000330. The molecule has 0 radical (unpaired) electrons. The highest BCUT2D eigenvalue weighted by molar-refractivity contribution is 5.87. The third-order valence-corrected chi connectivity index (χ3v) is 8.52. The van der Waals surface area contributed by atoms with E-state index in [9.17, 15) is 14.4 Å². The summed E-state index contributed by atoms with van der Waals surface area (Å²) in [5.41, 5.74) is 0.596. The molecule has 3 saturated heterocycles. The van der Waals surface area contributed by atoms with Crippen LogP contribution < -0.4 is 10.6 Å². The van der Waals surface area contributed by atoms with E-state index >= 15 is 0 Å². The number of piperazine rings is 1. The number of nitrogens with zero attached hydrogens (tertiary/aromatic N) is 4. The molecule has 44 heavy (non-hydrogen) atoms. The van der Waals surface area contributed by atoms with Gasteiger partial charge in [-0.1, -0.05) is 19.7 Å². The molecule has 0 aliphatic carbocycles. The van der Waals surface area contributed by atoms with E-state index in [-0.39, 0.29) is 46.4 Å². The number of rotatable bonds is 5. The van der Waals surface area contributed by atoms with Crippen LogP contribution in [0.25, 0.3) is 0 Å². The Kier molecular flexibility index (Phi) is 16.0. The Morgan fingerprint density at radius 3 is 1.23 bits per heavy atom. The quantitative estimate of drug-likeness (QED) is 0.450. The molecule has 9 nitrogen and oxygen atoms in total. The molecule has 0 spiro atoms. The molecule has 0 aromatic carbocycles. The number of carbonyl (C=O) groups excluding carboxylic acids is 3. The van der Waals surface area contributed by atoms with E-state index in [0.29, 0.717) is 0 Å². The van der Waals surface area contributed by atoms with E-state index in [1.54, 1.807) is 0 Å². The summed E-state index contributed by atoms with van der Waals surface area (Å²) >= 11 is 0. The van der Waals surface area contributed by atoms with Crippen molar-refractivity contribution in [2.24, 2.45) is 0 Å². The van der Waals surface area contributed by atoms with Gasteiger partial charge in [0.25, 0.3) is 0 Å². The monoisotopic (exact) mass is 617 g/mol. The maximum absolute atomic E-state index is 11.3. The minimum Gasteiger partial charge on any atom is -0.349 e. The van der Waals surface area contributed by atoms with Gasteiger partial charge in [-0.2, -0.15) is 0 Å². The summed E-state index contributed by atoms with van der Waals surface area (Å²) in [4.78, 5) is 42.8. The first-order valence-electron chi connectivity index (χ1n) is 16.3. The zero-order valence-electron chi connectivity index (χ0n) is 29.5. The Hall–Kier alpha value is -2.49. The molecule has 0 unspecified atom stereocenters. The Morgan fingerprint density at radius 1 is 0.568 bits per heavy atom. The molecule has 0 aromatic rings. The summed E-state index contributed by atoms with van der Waals surface area (Å²) in [6.07, 6.45) is 8.54. The number of carbonyl (C=O) groups is 3. The topological polar surface area (TPSA) is 88.2 Å².